The summed E-state index contributed by atoms with van der Waals surface area (Å²) in [7, 11) is 0. The number of rotatable bonds is 5. The monoisotopic (exact) mass is 225 g/mol. The van der Waals surface area contributed by atoms with Crippen molar-refractivity contribution in [3.63, 3.8) is 0 Å². The summed E-state index contributed by atoms with van der Waals surface area (Å²) in [6.07, 6.45) is 2.30. The van der Waals surface area contributed by atoms with Gasteiger partial charge in [-0.25, -0.2) is 0 Å². The van der Waals surface area contributed by atoms with Crippen molar-refractivity contribution in [3.8, 4) is 0 Å². The molecule has 0 aliphatic carbocycles. The van der Waals surface area contributed by atoms with Gasteiger partial charge in [0.05, 0.1) is 0 Å². The summed E-state index contributed by atoms with van der Waals surface area (Å²) in [4.78, 5) is 0. The first-order chi connectivity index (χ1) is 7.20. The highest BCUT2D eigenvalue weighted by Gasteiger charge is 2.13. The van der Waals surface area contributed by atoms with Crippen LogP contribution in [0.4, 0.5) is 0 Å². The van der Waals surface area contributed by atoms with E-state index >= 15 is 0 Å². The molecule has 0 fully saturated rings. The molecule has 1 atom stereocenters. The molecule has 0 amide bonds. The minimum absolute atomic E-state index is 0.396. The van der Waals surface area contributed by atoms with Crippen molar-refractivity contribution in [3.05, 3.63) is 34.3 Å². The normalized spacial score (nSPS) is 12.8. The van der Waals surface area contributed by atoms with E-state index in [4.69, 9.17) is 11.6 Å². The van der Waals surface area contributed by atoms with Gasteiger partial charge >= 0.3 is 0 Å². The lowest BCUT2D eigenvalue weighted by Gasteiger charge is -2.19. The number of hydrogen-bond acceptors (Lipinski definition) is 1. The molecule has 0 saturated heterocycles. The Balaban J connectivity index is 2.94. The average Bonchev–Trinajstić information content (AvgIpc) is 2.22. The maximum absolute atomic E-state index is 6.32. The predicted molar refractivity (Wildman–Crippen MR) is 67.5 cm³/mol. The minimum Gasteiger partial charge on any atom is -0.310 e. The van der Waals surface area contributed by atoms with Crippen LogP contribution in [-0.4, -0.2) is 6.54 Å². The number of nitrogens with one attached hydrogen (secondary N) is 1. The molecule has 1 rings (SSSR count). The van der Waals surface area contributed by atoms with Gasteiger partial charge in [-0.15, -0.1) is 0 Å². The molecule has 1 N–H and O–H groups in total. The summed E-state index contributed by atoms with van der Waals surface area (Å²) in [5, 5.41) is 4.40. The van der Waals surface area contributed by atoms with Gasteiger partial charge in [0, 0.05) is 11.1 Å². The van der Waals surface area contributed by atoms with E-state index in [1.54, 1.807) is 0 Å². The lowest BCUT2D eigenvalue weighted by molar-refractivity contribution is 0.509. The van der Waals surface area contributed by atoms with Crippen LogP contribution in [0.3, 0.4) is 0 Å². The SMILES string of the molecule is CCCC(NCC)c1cccc(C)c1Cl. The molecule has 0 aliphatic rings. The molecule has 0 aliphatic heterocycles. The van der Waals surface area contributed by atoms with Gasteiger partial charge in [0.25, 0.3) is 0 Å². The van der Waals surface area contributed by atoms with Crippen molar-refractivity contribution in [2.45, 2.75) is 39.7 Å². The quantitative estimate of drug-likeness (QED) is 0.796. The van der Waals surface area contributed by atoms with Gasteiger partial charge in [-0.05, 0) is 31.0 Å². The van der Waals surface area contributed by atoms with Crippen LogP contribution in [0.15, 0.2) is 18.2 Å². The first-order valence-electron chi connectivity index (χ1n) is 5.69. The minimum atomic E-state index is 0.396. The second-order valence-electron chi connectivity index (χ2n) is 3.88. The summed E-state index contributed by atoms with van der Waals surface area (Å²) in [5.41, 5.74) is 2.40. The Morgan fingerprint density at radius 2 is 2.07 bits per heavy atom. The van der Waals surface area contributed by atoms with Crippen LogP contribution < -0.4 is 5.32 Å². The van der Waals surface area contributed by atoms with Crippen molar-refractivity contribution in [2.24, 2.45) is 0 Å². The Morgan fingerprint density at radius 1 is 1.33 bits per heavy atom. The average molecular weight is 226 g/mol. The molecule has 0 radical (unpaired) electrons. The van der Waals surface area contributed by atoms with Crippen LogP contribution >= 0.6 is 11.6 Å². The number of benzene rings is 1. The zero-order valence-corrected chi connectivity index (χ0v) is 10.6. The van der Waals surface area contributed by atoms with Gasteiger partial charge in [-0.1, -0.05) is 50.1 Å². The van der Waals surface area contributed by atoms with Gasteiger partial charge in [-0.3, -0.25) is 0 Å². The molecule has 2 heteroatoms. The van der Waals surface area contributed by atoms with E-state index in [1.807, 2.05) is 0 Å². The fourth-order valence-electron chi connectivity index (χ4n) is 1.84. The van der Waals surface area contributed by atoms with Crippen molar-refractivity contribution < 1.29 is 0 Å². The third-order valence-electron chi connectivity index (χ3n) is 2.62. The van der Waals surface area contributed by atoms with E-state index in [2.05, 4.69) is 44.3 Å². The molecule has 0 aromatic heterocycles. The van der Waals surface area contributed by atoms with Crippen molar-refractivity contribution in [1.29, 1.82) is 0 Å². The highest BCUT2D eigenvalue weighted by molar-refractivity contribution is 6.32. The third-order valence-corrected chi connectivity index (χ3v) is 3.14. The highest BCUT2D eigenvalue weighted by Crippen LogP contribution is 2.28. The number of aryl methyl sites for hydroxylation is 1. The third kappa shape index (κ3) is 3.22. The van der Waals surface area contributed by atoms with Crippen LogP contribution in [0, 0.1) is 6.92 Å². The van der Waals surface area contributed by atoms with Crippen molar-refractivity contribution in [1.82, 2.24) is 5.32 Å². The topological polar surface area (TPSA) is 12.0 Å². The van der Waals surface area contributed by atoms with E-state index in [-0.39, 0.29) is 0 Å². The van der Waals surface area contributed by atoms with E-state index < -0.39 is 0 Å². The highest BCUT2D eigenvalue weighted by atomic mass is 35.5. The summed E-state index contributed by atoms with van der Waals surface area (Å²) >= 11 is 6.32. The summed E-state index contributed by atoms with van der Waals surface area (Å²) < 4.78 is 0. The zero-order valence-electron chi connectivity index (χ0n) is 9.81. The molecule has 1 nitrogen and oxygen atoms in total. The van der Waals surface area contributed by atoms with E-state index in [0.717, 1.165) is 23.6 Å². The van der Waals surface area contributed by atoms with Gasteiger partial charge < -0.3 is 5.32 Å². The van der Waals surface area contributed by atoms with E-state index in [9.17, 15) is 0 Å². The molecule has 1 unspecified atom stereocenters. The first kappa shape index (κ1) is 12.5. The Morgan fingerprint density at radius 3 is 2.67 bits per heavy atom. The molecule has 0 heterocycles. The fourth-order valence-corrected chi connectivity index (χ4v) is 2.10. The van der Waals surface area contributed by atoms with Crippen molar-refractivity contribution in [2.75, 3.05) is 6.54 Å². The van der Waals surface area contributed by atoms with E-state index in [0.29, 0.717) is 6.04 Å². The number of halogens is 1. The largest absolute Gasteiger partial charge is 0.310 e. The standard InChI is InChI=1S/C13H20ClN/c1-4-7-12(15-5-2)11-9-6-8-10(3)13(11)14/h6,8-9,12,15H,4-5,7H2,1-3H3. The summed E-state index contributed by atoms with van der Waals surface area (Å²) in [6, 6.07) is 6.66. The van der Waals surface area contributed by atoms with Gasteiger partial charge in [0.2, 0.25) is 0 Å². The van der Waals surface area contributed by atoms with Gasteiger partial charge in [0.1, 0.15) is 0 Å². The molecule has 1 aromatic rings. The van der Waals surface area contributed by atoms with Crippen LogP contribution in [0.2, 0.25) is 5.02 Å². The maximum Gasteiger partial charge on any atom is 0.0482 e. The molecule has 1 aromatic carbocycles. The lowest BCUT2D eigenvalue weighted by Crippen LogP contribution is -2.21. The number of hydrogen-bond donors (Lipinski definition) is 1. The van der Waals surface area contributed by atoms with Crippen LogP contribution in [0.5, 0.6) is 0 Å². The second-order valence-corrected chi connectivity index (χ2v) is 4.26. The summed E-state index contributed by atoms with van der Waals surface area (Å²) in [6.45, 7) is 7.37. The zero-order chi connectivity index (χ0) is 11.3. The first-order valence-corrected chi connectivity index (χ1v) is 6.06. The molecular weight excluding hydrogens is 206 g/mol. The Hall–Kier alpha value is -0.530. The molecule has 15 heavy (non-hydrogen) atoms. The van der Waals surface area contributed by atoms with Gasteiger partial charge in [0.15, 0.2) is 0 Å². The fraction of sp³-hybridized carbons (Fsp3) is 0.538. The smallest absolute Gasteiger partial charge is 0.0482 e. The molecule has 0 bridgehead atoms. The van der Waals surface area contributed by atoms with Gasteiger partial charge in [-0.2, -0.15) is 0 Å². The molecule has 0 saturated carbocycles. The lowest BCUT2D eigenvalue weighted by atomic mass is 10.0. The predicted octanol–water partition coefficient (Wildman–Crippen LogP) is 4.10. The molecular formula is C13H20ClN. The van der Waals surface area contributed by atoms with E-state index in [1.165, 1.54) is 12.0 Å². The Kier molecular flexibility index (Phi) is 5.13. The summed E-state index contributed by atoms with van der Waals surface area (Å²) in [5.74, 6) is 0. The van der Waals surface area contributed by atoms with Crippen LogP contribution in [0.1, 0.15) is 43.9 Å². The maximum atomic E-state index is 6.32. The Labute approximate surface area is 97.8 Å². The van der Waals surface area contributed by atoms with Crippen LogP contribution in [0.25, 0.3) is 0 Å². The van der Waals surface area contributed by atoms with Crippen LogP contribution in [-0.2, 0) is 0 Å². The second kappa shape index (κ2) is 6.14. The Bertz CT molecular complexity index is 303. The van der Waals surface area contributed by atoms with Crippen molar-refractivity contribution >= 4 is 11.6 Å². The molecule has 0 spiro atoms. The molecule has 84 valence electrons.